The number of nitrogens with zero attached hydrogens (tertiary/aromatic N) is 1. The lowest BCUT2D eigenvalue weighted by molar-refractivity contribution is -0.236. The fraction of sp³-hybridized carbons (Fsp3) is 0.923. The van der Waals surface area contributed by atoms with Crippen molar-refractivity contribution in [1.29, 1.82) is 0 Å². The molecule has 1 saturated heterocycles. The summed E-state index contributed by atoms with van der Waals surface area (Å²) in [5, 5.41) is 0. The molecule has 90 valence electrons. The van der Waals surface area contributed by atoms with E-state index >= 15 is 0 Å². The zero-order valence-electron chi connectivity index (χ0n) is 10.1. The molecule has 1 aliphatic carbocycles. The zero-order chi connectivity index (χ0) is 11.1. The fourth-order valence-corrected chi connectivity index (χ4v) is 3.82. The third kappa shape index (κ3) is 1.31. The molecule has 3 rings (SSSR count). The topological polar surface area (TPSA) is 30.8 Å². The monoisotopic (exact) mass is 223 g/mol. The van der Waals surface area contributed by atoms with Gasteiger partial charge >= 0.3 is 0 Å². The lowest BCUT2D eigenvalue weighted by atomic mass is 9.63. The van der Waals surface area contributed by atoms with Crippen molar-refractivity contribution in [3.8, 4) is 0 Å². The minimum atomic E-state index is -0.320. The Morgan fingerprint density at radius 1 is 1.00 bits per heavy atom. The molecule has 3 nitrogen and oxygen atoms in total. The zero-order valence-corrected chi connectivity index (χ0v) is 10.1. The van der Waals surface area contributed by atoms with E-state index in [-0.39, 0.29) is 11.2 Å². The molecule has 2 aliphatic heterocycles. The van der Waals surface area contributed by atoms with Gasteiger partial charge < -0.3 is 9.47 Å². The van der Waals surface area contributed by atoms with E-state index in [0.29, 0.717) is 0 Å². The van der Waals surface area contributed by atoms with E-state index in [4.69, 9.17) is 9.47 Å². The Bertz CT molecular complexity index is 307. The van der Waals surface area contributed by atoms with Gasteiger partial charge in [0.1, 0.15) is 0 Å². The molecule has 2 spiro atoms. The SMILES string of the molecule is CC1=NCCC[C@@]12CCCCC21OCCO1. The van der Waals surface area contributed by atoms with Gasteiger partial charge in [0.05, 0.1) is 18.6 Å². The molecule has 3 aliphatic rings. The minimum Gasteiger partial charge on any atom is -0.347 e. The minimum absolute atomic E-state index is 0.0972. The summed E-state index contributed by atoms with van der Waals surface area (Å²) in [5.41, 5.74) is 1.38. The van der Waals surface area contributed by atoms with Crippen LogP contribution in [0.4, 0.5) is 0 Å². The maximum Gasteiger partial charge on any atom is 0.179 e. The predicted octanol–water partition coefficient (Wildman–Crippen LogP) is 2.54. The Morgan fingerprint density at radius 3 is 2.44 bits per heavy atom. The number of hydrogen-bond acceptors (Lipinski definition) is 3. The smallest absolute Gasteiger partial charge is 0.179 e. The van der Waals surface area contributed by atoms with Crippen molar-refractivity contribution < 1.29 is 9.47 Å². The van der Waals surface area contributed by atoms with Crippen molar-refractivity contribution in [1.82, 2.24) is 0 Å². The van der Waals surface area contributed by atoms with Crippen LogP contribution in [0.15, 0.2) is 4.99 Å². The third-order valence-corrected chi connectivity index (χ3v) is 4.65. The number of aliphatic imine (C=N–C) groups is 1. The van der Waals surface area contributed by atoms with Gasteiger partial charge in [-0.15, -0.1) is 0 Å². The average molecular weight is 223 g/mol. The van der Waals surface area contributed by atoms with Gasteiger partial charge in [0, 0.05) is 18.7 Å². The molecule has 0 aromatic heterocycles. The first-order chi connectivity index (χ1) is 7.79. The number of ether oxygens (including phenoxy) is 2. The van der Waals surface area contributed by atoms with Crippen LogP contribution in [0.25, 0.3) is 0 Å². The highest BCUT2D eigenvalue weighted by Crippen LogP contribution is 2.53. The van der Waals surface area contributed by atoms with Crippen molar-refractivity contribution in [2.45, 2.75) is 51.2 Å². The van der Waals surface area contributed by atoms with E-state index in [9.17, 15) is 0 Å². The Balaban J connectivity index is 2.01. The quantitative estimate of drug-likeness (QED) is 0.632. The van der Waals surface area contributed by atoms with E-state index in [2.05, 4.69) is 11.9 Å². The van der Waals surface area contributed by atoms with Gasteiger partial charge in [-0.1, -0.05) is 6.42 Å². The molecule has 2 heterocycles. The van der Waals surface area contributed by atoms with Crippen molar-refractivity contribution in [3.05, 3.63) is 0 Å². The molecule has 1 atom stereocenters. The van der Waals surface area contributed by atoms with Crippen LogP contribution in [0.5, 0.6) is 0 Å². The average Bonchev–Trinajstić information content (AvgIpc) is 2.76. The van der Waals surface area contributed by atoms with Crippen LogP contribution in [-0.2, 0) is 9.47 Å². The summed E-state index contributed by atoms with van der Waals surface area (Å²) >= 11 is 0. The van der Waals surface area contributed by atoms with E-state index in [1.54, 1.807) is 0 Å². The lowest BCUT2D eigenvalue weighted by Gasteiger charge is -2.51. The van der Waals surface area contributed by atoms with E-state index < -0.39 is 0 Å². The van der Waals surface area contributed by atoms with Crippen LogP contribution in [0.2, 0.25) is 0 Å². The van der Waals surface area contributed by atoms with E-state index in [0.717, 1.165) is 26.2 Å². The van der Waals surface area contributed by atoms with Crippen molar-refractivity contribution in [2.75, 3.05) is 19.8 Å². The van der Waals surface area contributed by atoms with Gasteiger partial charge in [-0.05, 0) is 32.6 Å². The summed E-state index contributed by atoms with van der Waals surface area (Å²) in [5.74, 6) is -0.320. The molecule has 0 radical (unpaired) electrons. The van der Waals surface area contributed by atoms with Crippen LogP contribution in [0.1, 0.15) is 45.4 Å². The van der Waals surface area contributed by atoms with Crippen LogP contribution < -0.4 is 0 Å². The molecular weight excluding hydrogens is 202 g/mol. The summed E-state index contributed by atoms with van der Waals surface area (Å²) in [6, 6.07) is 0. The summed E-state index contributed by atoms with van der Waals surface area (Å²) in [4.78, 5) is 4.68. The van der Waals surface area contributed by atoms with Crippen molar-refractivity contribution >= 4 is 5.71 Å². The van der Waals surface area contributed by atoms with Gasteiger partial charge in [-0.2, -0.15) is 0 Å². The van der Waals surface area contributed by atoms with Crippen LogP contribution in [0.3, 0.4) is 0 Å². The normalized spacial score (nSPS) is 37.9. The van der Waals surface area contributed by atoms with Crippen molar-refractivity contribution in [3.63, 3.8) is 0 Å². The summed E-state index contributed by atoms with van der Waals surface area (Å²) < 4.78 is 12.1. The molecule has 0 bridgehead atoms. The molecule has 0 amide bonds. The van der Waals surface area contributed by atoms with E-state index in [1.807, 2.05) is 0 Å². The number of rotatable bonds is 0. The Kier molecular flexibility index (Phi) is 2.55. The molecule has 1 saturated carbocycles. The van der Waals surface area contributed by atoms with Crippen molar-refractivity contribution in [2.24, 2.45) is 10.4 Å². The molecule has 3 heteroatoms. The first kappa shape index (κ1) is 10.7. The summed E-state index contributed by atoms with van der Waals surface area (Å²) in [7, 11) is 0. The van der Waals surface area contributed by atoms with Gasteiger partial charge in [0.25, 0.3) is 0 Å². The lowest BCUT2D eigenvalue weighted by Crippen LogP contribution is -2.56. The maximum atomic E-state index is 6.04. The van der Waals surface area contributed by atoms with Gasteiger partial charge in [-0.3, -0.25) is 4.99 Å². The van der Waals surface area contributed by atoms with Gasteiger partial charge in [-0.25, -0.2) is 0 Å². The number of hydrogen-bond donors (Lipinski definition) is 0. The summed E-state index contributed by atoms with van der Waals surface area (Å²) in [6.45, 7) is 4.69. The molecule has 2 fully saturated rings. The first-order valence-corrected chi connectivity index (χ1v) is 6.59. The van der Waals surface area contributed by atoms with Gasteiger partial charge in [0.2, 0.25) is 0 Å². The van der Waals surface area contributed by atoms with Gasteiger partial charge in [0.15, 0.2) is 5.79 Å². The Labute approximate surface area is 97.2 Å². The molecule has 0 aromatic rings. The largest absolute Gasteiger partial charge is 0.347 e. The standard InChI is InChI=1S/C13H21NO2/c1-11-12(6-4-8-14-11)5-2-3-7-13(12)15-9-10-16-13/h2-10H2,1H3/t12-/m0/s1. The molecule has 16 heavy (non-hydrogen) atoms. The first-order valence-electron chi connectivity index (χ1n) is 6.59. The second-order valence-corrected chi connectivity index (χ2v) is 5.31. The highest BCUT2D eigenvalue weighted by molar-refractivity contribution is 5.89. The Morgan fingerprint density at radius 2 is 1.69 bits per heavy atom. The molecule has 0 N–H and O–H groups in total. The summed E-state index contributed by atoms with van der Waals surface area (Å²) in [6.07, 6.45) is 7.16. The van der Waals surface area contributed by atoms with Crippen LogP contribution >= 0.6 is 0 Å². The molecule has 0 unspecified atom stereocenters. The highest BCUT2D eigenvalue weighted by atomic mass is 16.7. The van der Waals surface area contributed by atoms with Crippen LogP contribution in [-0.4, -0.2) is 31.3 Å². The second kappa shape index (κ2) is 3.81. The molecule has 0 aromatic carbocycles. The predicted molar refractivity (Wildman–Crippen MR) is 62.7 cm³/mol. The van der Waals surface area contributed by atoms with Crippen LogP contribution in [0, 0.1) is 5.41 Å². The maximum absolute atomic E-state index is 6.04. The second-order valence-electron chi connectivity index (χ2n) is 5.31. The number of fused-ring (bicyclic) bond motifs is 1. The van der Waals surface area contributed by atoms with E-state index in [1.165, 1.54) is 37.8 Å². The highest BCUT2D eigenvalue weighted by Gasteiger charge is 2.58. The third-order valence-electron chi connectivity index (χ3n) is 4.65. The molecular formula is C13H21NO2. The Hall–Kier alpha value is -0.410. The fourth-order valence-electron chi connectivity index (χ4n) is 3.82.